The van der Waals surface area contributed by atoms with Crippen LogP contribution in [0.25, 0.3) is 11.1 Å². The monoisotopic (exact) mass is 418 g/mol. The summed E-state index contributed by atoms with van der Waals surface area (Å²) in [6.45, 7) is 3.23. The number of ether oxygens (including phenoxy) is 1. The van der Waals surface area contributed by atoms with E-state index in [1.807, 2.05) is 36.1 Å². The summed E-state index contributed by atoms with van der Waals surface area (Å²) in [5, 5.41) is 0. The van der Waals surface area contributed by atoms with Crippen molar-refractivity contribution in [3.63, 3.8) is 0 Å². The molecule has 4 rings (SSSR count). The van der Waals surface area contributed by atoms with Crippen molar-refractivity contribution < 1.29 is 22.3 Å². The fourth-order valence-corrected chi connectivity index (χ4v) is 4.89. The SMILES string of the molecule is CCC1CN(c2ccc(-c3cccc(N4CCS(=O)(=O)CC4)c3)c(F)c2)C(=O)O1. The Morgan fingerprint density at radius 2 is 1.86 bits per heavy atom. The lowest BCUT2D eigenvalue weighted by Crippen LogP contribution is -2.40. The minimum atomic E-state index is -2.96. The van der Waals surface area contributed by atoms with E-state index in [0.29, 0.717) is 42.9 Å². The average molecular weight is 418 g/mol. The molecule has 2 heterocycles. The Labute approximate surface area is 169 Å². The van der Waals surface area contributed by atoms with Gasteiger partial charge in [-0.25, -0.2) is 17.6 Å². The van der Waals surface area contributed by atoms with E-state index in [2.05, 4.69) is 0 Å². The van der Waals surface area contributed by atoms with Gasteiger partial charge in [-0.3, -0.25) is 4.90 Å². The molecule has 2 saturated heterocycles. The van der Waals surface area contributed by atoms with E-state index in [-0.39, 0.29) is 17.6 Å². The van der Waals surface area contributed by atoms with Crippen molar-refractivity contribution in [3.8, 4) is 11.1 Å². The molecular formula is C21H23FN2O4S. The number of anilines is 2. The summed E-state index contributed by atoms with van der Waals surface area (Å²) in [6.07, 6.45) is 0.0919. The maximum absolute atomic E-state index is 14.9. The van der Waals surface area contributed by atoms with Crippen LogP contribution in [0.15, 0.2) is 42.5 Å². The van der Waals surface area contributed by atoms with Gasteiger partial charge in [-0.05, 0) is 42.3 Å². The fourth-order valence-electron chi connectivity index (χ4n) is 3.69. The van der Waals surface area contributed by atoms with Crippen molar-refractivity contribution in [2.45, 2.75) is 19.4 Å². The molecule has 0 saturated carbocycles. The molecule has 0 radical (unpaired) electrons. The van der Waals surface area contributed by atoms with Crippen molar-refractivity contribution in [2.24, 2.45) is 0 Å². The molecule has 2 aromatic rings. The number of amides is 1. The van der Waals surface area contributed by atoms with Crippen molar-refractivity contribution in [3.05, 3.63) is 48.3 Å². The van der Waals surface area contributed by atoms with Crippen molar-refractivity contribution in [1.82, 2.24) is 0 Å². The lowest BCUT2D eigenvalue weighted by Gasteiger charge is -2.29. The maximum atomic E-state index is 14.9. The Hall–Kier alpha value is -2.61. The van der Waals surface area contributed by atoms with E-state index in [4.69, 9.17) is 4.74 Å². The van der Waals surface area contributed by atoms with Gasteiger partial charge in [0.2, 0.25) is 0 Å². The number of carbonyl (C=O) groups excluding carboxylic acids is 1. The predicted octanol–water partition coefficient (Wildman–Crippen LogP) is 3.46. The summed E-state index contributed by atoms with van der Waals surface area (Å²) < 4.78 is 43.4. The van der Waals surface area contributed by atoms with Crippen LogP contribution < -0.4 is 9.80 Å². The van der Waals surface area contributed by atoms with Crippen LogP contribution in [-0.2, 0) is 14.6 Å². The van der Waals surface area contributed by atoms with Crippen LogP contribution in [0.3, 0.4) is 0 Å². The lowest BCUT2D eigenvalue weighted by molar-refractivity contribution is 0.139. The molecule has 0 aliphatic carbocycles. The van der Waals surface area contributed by atoms with E-state index < -0.39 is 21.7 Å². The largest absolute Gasteiger partial charge is 0.444 e. The summed E-state index contributed by atoms with van der Waals surface area (Å²) in [4.78, 5) is 15.5. The lowest BCUT2D eigenvalue weighted by atomic mass is 10.0. The molecule has 0 spiro atoms. The van der Waals surface area contributed by atoms with Gasteiger partial charge in [-0.1, -0.05) is 19.1 Å². The number of hydrogen-bond donors (Lipinski definition) is 0. The van der Waals surface area contributed by atoms with E-state index >= 15 is 0 Å². The van der Waals surface area contributed by atoms with E-state index in [1.165, 1.54) is 11.0 Å². The Kier molecular flexibility index (Phi) is 5.21. The smallest absolute Gasteiger partial charge is 0.414 e. The van der Waals surface area contributed by atoms with Crippen molar-refractivity contribution in [1.29, 1.82) is 0 Å². The highest BCUT2D eigenvalue weighted by Gasteiger charge is 2.31. The van der Waals surface area contributed by atoms with Crippen LogP contribution in [0.5, 0.6) is 0 Å². The van der Waals surface area contributed by atoms with Gasteiger partial charge in [0.05, 0.1) is 23.7 Å². The Morgan fingerprint density at radius 1 is 1.10 bits per heavy atom. The normalized spacial score (nSPS) is 21.3. The van der Waals surface area contributed by atoms with Crippen molar-refractivity contribution in [2.75, 3.05) is 40.9 Å². The van der Waals surface area contributed by atoms with Crippen LogP contribution in [0.1, 0.15) is 13.3 Å². The van der Waals surface area contributed by atoms with Gasteiger partial charge in [-0.2, -0.15) is 0 Å². The van der Waals surface area contributed by atoms with Gasteiger partial charge in [-0.15, -0.1) is 0 Å². The Balaban J connectivity index is 1.57. The first-order valence-electron chi connectivity index (χ1n) is 9.70. The van der Waals surface area contributed by atoms with Gasteiger partial charge in [0.15, 0.2) is 9.84 Å². The molecule has 2 aliphatic rings. The van der Waals surface area contributed by atoms with Crippen LogP contribution in [-0.4, -0.2) is 51.8 Å². The Morgan fingerprint density at radius 3 is 2.52 bits per heavy atom. The van der Waals surface area contributed by atoms with E-state index in [1.54, 1.807) is 12.1 Å². The summed E-state index contributed by atoms with van der Waals surface area (Å²) in [5.41, 5.74) is 2.48. The summed E-state index contributed by atoms with van der Waals surface area (Å²) in [6, 6.07) is 12.2. The van der Waals surface area contributed by atoms with Gasteiger partial charge in [0, 0.05) is 24.3 Å². The zero-order valence-electron chi connectivity index (χ0n) is 16.2. The van der Waals surface area contributed by atoms with Gasteiger partial charge >= 0.3 is 6.09 Å². The number of nitrogens with zero attached hydrogens (tertiary/aromatic N) is 2. The minimum absolute atomic E-state index is 0.130. The van der Waals surface area contributed by atoms with Crippen molar-refractivity contribution >= 4 is 27.3 Å². The molecule has 1 atom stereocenters. The van der Waals surface area contributed by atoms with Crippen LogP contribution in [0.2, 0.25) is 0 Å². The van der Waals surface area contributed by atoms with Crippen LogP contribution >= 0.6 is 0 Å². The van der Waals surface area contributed by atoms with Gasteiger partial charge < -0.3 is 9.64 Å². The standard InChI is InChI=1S/C21H23FN2O4S/c1-2-18-14-24(21(25)28-18)17-6-7-19(20(22)13-17)15-4-3-5-16(12-15)23-8-10-29(26,27)11-9-23/h3-7,12-13,18H,2,8-11,14H2,1H3. The number of carbonyl (C=O) groups is 1. The number of halogens is 1. The number of rotatable bonds is 4. The first-order valence-corrected chi connectivity index (χ1v) is 11.5. The number of hydrogen-bond acceptors (Lipinski definition) is 5. The molecule has 0 bridgehead atoms. The third-order valence-corrected chi connectivity index (χ3v) is 7.07. The maximum Gasteiger partial charge on any atom is 0.414 e. The molecule has 154 valence electrons. The van der Waals surface area contributed by atoms with E-state index in [0.717, 1.165) is 5.69 Å². The van der Waals surface area contributed by atoms with Gasteiger partial charge in [0.25, 0.3) is 0 Å². The molecule has 0 aromatic heterocycles. The first-order chi connectivity index (χ1) is 13.9. The molecule has 6 nitrogen and oxygen atoms in total. The number of cyclic esters (lactones) is 1. The molecule has 0 N–H and O–H groups in total. The second-order valence-electron chi connectivity index (χ2n) is 7.38. The molecule has 29 heavy (non-hydrogen) atoms. The fraction of sp³-hybridized carbons (Fsp3) is 0.381. The molecule has 2 aromatic carbocycles. The number of sulfone groups is 1. The molecule has 1 unspecified atom stereocenters. The molecule has 8 heteroatoms. The zero-order valence-corrected chi connectivity index (χ0v) is 17.0. The minimum Gasteiger partial charge on any atom is -0.444 e. The van der Waals surface area contributed by atoms with Crippen LogP contribution in [0.4, 0.5) is 20.6 Å². The topological polar surface area (TPSA) is 66.9 Å². The highest BCUT2D eigenvalue weighted by molar-refractivity contribution is 7.91. The zero-order chi connectivity index (χ0) is 20.6. The quantitative estimate of drug-likeness (QED) is 0.761. The highest BCUT2D eigenvalue weighted by atomic mass is 32.2. The molecule has 1 amide bonds. The third kappa shape index (κ3) is 4.07. The third-order valence-electron chi connectivity index (χ3n) is 5.46. The first kappa shape index (κ1) is 19.7. The Bertz CT molecular complexity index is 1030. The van der Waals surface area contributed by atoms with Gasteiger partial charge in [0.1, 0.15) is 11.9 Å². The molecular weight excluding hydrogens is 395 g/mol. The highest BCUT2D eigenvalue weighted by Crippen LogP contribution is 2.31. The summed E-state index contributed by atoms with van der Waals surface area (Å²) in [5.74, 6) is -0.163. The number of benzene rings is 2. The summed E-state index contributed by atoms with van der Waals surface area (Å²) >= 11 is 0. The average Bonchev–Trinajstić information content (AvgIpc) is 3.09. The van der Waals surface area contributed by atoms with Crippen LogP contribution in [0, 0.1) is 5.82 Å². The second kappa shape index (κ2) is 7.67. The second-order valence-corrected chi connectivity index (χ2v) is 9.68. The van der Waals surface area contributed by atoms with E-state index in [9.17, 15) is 17.6 Å². The summed E-state index contributed by atoms with van der Waals surface area (Å²) in [7, 11) is -2.96. The molecule has 2 fully saturated rings. The molecule has 2 aliphatic heterocycles. The predicted molar refractivity (Wildman–Crippen MR) is 111 cm³/mol.